The van der Waals surface area contributed by atoms with Gasteiger partial charge in [0.15, 0.2) is 5.75 Å². The van der Waals surface area contributed by atoms with Gasteiger partial charge in [0.2, 0.25) is 0 Å². The van der Waals surface area contributed by atoms with Crippen LogP contribution in [0.2, 0.25) is 10.0 Å². The van der Waals surface area contributed by atoms with Gasteiger partial charge in [-0.2, -0.15) is 12.6 Å². The van der Waals surface area contributed by atoms with Crippen molar-refractivity contribution in [2.45, 2.75) is 19.8 Å². The van der Waals surface area contributed by atoms with Crippen LogP contribution in [0.3, 0.4) is 0 Å². The van der Waals surface area contributed by atoms with Gasteiger partial charge in [0.05, 0.1) is 16.7 Å². The molecule has 1 aromatic rings. The zero-order valence-corrected chi connectivity index (χ0v) is 11.7. The van der Waals surface area contributed by atoms with Crippen LogP contribution in [0.5, 0.6) is 5.75 Å². The van der Waals surface area contributed by atoms with E-state index in [0.717, 1.165) is 18.6 Å². The van der Waals surface area contributed by atoms with Gasteiger partial charge < -0.3 is 4.74 Å². The molecule has 0 aliphatic heterocycles. The van der Waals surface area contributed by atoms with E-state index >= 15 is 0 Å². The normalized spacial score (nSPS) is 12.5. The Morgan fingerprint density at radius 3 is 2.44 bits per heavy atom. The van der Waals surface area contributed by atoms with Crippen molar-refractivity contribution in [3.05, 3.63) is 28.2 Å². The molecule has 90 valence electrons. The fourth-order valence-electron chi connectivity index (χ4n) is 1.46. The molecule has 0 saturated heterocycles. The first-order valence-electron chi connectivity index (χ1n) is 5.36. The third-order valence-electron chi connectivity index (χ3n) is 2.34. The summed E-state index contributed by atoms with van der Waals surface area (Å²) in [5.74, 6) is 1.84. The van der Waals surface area contributed by atoms with E-state index in [1.807, 2.05) is 0 Å². The van der Waals surface area contributed by atoms with Gasteiger partial charge in [-0.25, -0.2) is 0 Å². The molecule has 1 unspecified atom stereocenters. The van der Waals surface area contributed by atoms with Crippen LogP contribution in [-0.2, 0) is 0 Å². The van der Waals surface area contributed by atoms with Crippen LogP contribution in [0.4, 0.5) is 0 Å². The third kappa shape index (κ3) is 4.08. The second kappa shape index (κ2) is 7.31. The molecule has 1 atom stereocenters. The van der Waals surface area contributed by atoms with Crippen molar-refractivity contribution in [2.24, 2.45) is 5.92 Å². The lowest BCUT2D eigenvalue weighted by molar-refractivity contribution is 0.255. The molecule has 0 heterocycles. The van der Waals surface area contributed by atoms with Crippen molar-refractivity contribution < 1.29 is 4.74 Å². The summed E-state index contributed by atoms with van der Waals surface area (Å²) in [7, 11) is 0. The van der Waals surface area contributed by atoms with E-state index in [1.54, 1.807) is 18.2 Å². The quantitative estimate of drug-likeness (QED) is 0.741. The Labute approximate surface area is 112 Å². The standard InChI is InChI=1S/C12H16Cl2OS/c1-2-4-9(8-16)7-15-12-10(13)5-3-6-11(12)14/h3,5-6,9,16H,2,4,7-8H2,1H3. The molecule has 0 amide bonds. The number of benzene rings is 1. The van der Waals surface area contributed by atoms with Crippen LogP contribution in [-0.4, -0.2) is 12.4 Å². The minimum Gasteiger partial charge on any atom is -0.490 e. The van der Waals surface area contributed by atoms with Gasteiger partial charge >= 0.3 is 0 Å². The highest BCUT2D eigenvalue weighted by atomic mass is 35.5. The SMILES string of the molecule is CCCC(CS)COc1c(Cl)cccc1Cl. The molecule has 1 rings (SSSR count). The number of hydrogen-bond acceptors (Lipinski definition) is 2. The van der Waals surface area contributed by atoms with Crippen LogP contribution in [0.1, 0.15) is 19.8 Å². The summed E-state index contributed by atoms with van der Waals surface area (Å²) in [5.41, 5.74) is 0. The van der Waals surface area contributed by atoms with Gasteiger partial charge in [0, 0.05) is 5.92 Å². The van der Waals surface area contributed by atoms with Crippen molar-refractivity contribution in [2.75, 3.05) is 12.4 Å². The van der Waals surface area contributed by atoms with E-state index in [9.17, 15) is 0 Å². The zero-order chi connectivity index (χ0) is 12.0. The summed E-state index contributed by atoms with van der Waals surface area (Å²) in [5, 5.41) is 1.11. The predicted molar refractivity (Wildman–Crippen MR) is 74.2 cm³/mol. The maximum atomic E-state index is 6.00. The maximum absolute atomic E-state index is 6.00. The molecule has 0 N–H and O–H groups in total. The Kier molecular flexibility index (Phi) is 6.40. The van der Waals surface area contributed by atoms with E-state index in [4.69, 9.17) is 27.9 Å². The minimum absolute atomic E-state index is 0.445. The molecule has 0 radical (unpaired) electrons. The van der Waals surface area contributed by atoms with Gasteiger partial charge in [-0.15, -0.1) is 0 Å². The first kappa shape index (κ1) is 14.0. The monoisotopic (exact) mass is 278 g/mol. The highest BCUT2D eigenvalue weighted by Gasteiger charge is 2.10. The molecular formula is C12H16Cl2OS. The van der Waals surface area contributed by atoms with Gasteiger partial charge in [-0.05, 0) is 24.3 Å². The molecule has 0 aromatic heterocycles. The summed E-state index contributed by atoms with van der Waals surface area (Å²) in [6.45, 7) is 2.76. The lowest BCUT2D eigenvalue weighted by Gasteiger charge is -2.16. The van der Waals surface area contributed by atoms with E-state index in [0.29, 0.717) is 28.3 Å². The van der Waals surface area contributed by atoms with Crippen LogP contribution in [0.15, 0.2) is 18.2 Å². The van der Waals surface area contributed by atoms with Crippen LogP contribution >= 0.6 is 35.8 Å². The van der Waals surface area contributed by atoms with Gasteiger partial charge in [-0.1, -0.05) is 42.6 Å². The van der Waals surface area contributed by atoms with Gasteiger partial charge in [0.25, 0.3) is 0 Å². The topological polar surface area (TPSA) is 9.23 Å². The number of ether oxygens (including phenoxy) is 1. The van der Waals surface area contributed by atoms with E-state index in [2.05, 4.69) is 19.6 Å². The predicted octanol–water partition coefficient (Wildman–Crippen LogP) is 4.72. The Morgan fingerprint density at radius 1 is 1.31 bits per heavy atom. The highest BCUT2D eigenvalue weighted by Crippen LogP contribution is 2.32. The molecule has 0 aliphatic carbocycles. The average molecular weight is 279 g/mol. The minimum atomic E-state index is 0.445. The molecule has 16 heavy (non-hydrogen) atoms. The first-order chi connectivity index (χ1) is 7.69. The van der Waals surface area contributed by atoms with E-state index in [-0.39, 0.29) is 0 Å². The molecule has 0 aliphatic rings. The van der Waals surface area contributed by atoms with Crippen LogP contribution in [0, 0.1) is 5.92 Å². The van der Waals surface area contributed by atoms with Crippen molar-refractivity contribution >= 4 is 35.8 Å². The maximum Gasteiger partial charge on any atom is 0.156 e. The fourth-order valence-corrected chi connectivity index (χ4v) is 2.25. The van der Waals surface area contributed by atoms with E-state index < -0.39 is 0 Å². The first-order valence-corrected chi connectivity index (χ1v) is 6.75. The summed E-state index contributed by atoms with van der Waals surface area (Å²) in [6, 6.07) is 5.36. The largest absolute Gasteiger partial charge is 0.490 e. The Morgan fingerprint density at radius 2 is 1.94 bits per heavy atom. The summed E-state index contributed by atoms with van der Waals surface area (Å²) in [6.07, 6.45) is 2.23. The second-order valence-corrected chi connectivity index (χ2v) is 4.88. The molecule has 0 saturated carbocycles. The number of thiol groups is 1. The molecule has 0 spiro atoms. The van der Waals surface area contributed by atoms with Gasteiger partial charge in [-0.3, -0.25) is 0 Å². The summed E-state index contributed by atoms with van der Waals surface area (Å²) in [4.78, 5) is 0. The Bertz CT molecular complexity index is 311. The molecule has 0 bridgehead atoms. The smallest absolute Gasteiger partial charge is 0.156 e. The summed E-state index contributed by atoms with van der Waals surface area (Å²) < 4.78 is 5.66. The number of halogens is 2. The van der Waals surface area contributed by atoms with E-state index in [1.165, 1.54) is 0 Å². The molecule has 4 heteroatoms. The second-order valence-electron chi connectivity index (χ2n) is 3.70. The highest BCUT2D eigenvalue weighted by molar-refractivity contribution is 7.80. The Hall–Kier alpha value is -0.0500. The van der Waals surface area contributed by atoms with Crippen molar-refractivity contribution in [3.63, 3.8) is 0 Å². The fraction of sp³-hybridized carbons (Fsp3) is 0.500. The van der Waals surface area contributed by atoms with Gasteiger partial charge in [0.1, 0.15) is 0 Å². The third-order valence-corrected chi connectivity index (χ3v) is 3.45. The number of para-hydroxylation sites is 1. The lowest BCUT2D eigenvalue weighted by atomic mass is 10.1. The molecular weight excluding hydrogens is 263 g/mol. The molecule has 1 aromatic carbocycles. The average Bonchev–Trinajstić information content (AvgIpc) is 2.27. The molecule has 1 nitrogen and oxygen atoms in total. The van der Waals surface area contributed by atoms with Crippen LogP contribution < -0.4 is 4.74 Å². The summed E-state index contributed by atoms with van der Waals surface area (Å²) >= 11 is 16.3. The van der Waals surface area contributed by atoms with Crippen molar-refractivity contribution in [1.82, 2.24) is 0 Å². The lowest BCUT2D eigenvalue weighted by Crippen LogP contribution is -2.13. The molecule has 0 fully saturated rings. The zero-order valence-electron chi connectivity index (χ0n) is 9.25. The number of rotatable bonds is 6. The Balaban J connectivity index is 2.59. The van der Waals surface area contributed by atoms with Crippen LogP contribution in [0.25, 0.3) is 0 Å². The number of hydrogen-bond donors (Lipinski definition) is 1. The van der Waals surface area contributed by atoms with Crippen molar-refractivity contribution in [3.8, 4) is 5.75 Å². The van der Waals surface area contributed by atoms with Crippen molar-refractivity contribution in [1.29, 1.82) is 0 Å².